The summed E-state index contributed by atoms with van der Waals surface area (Å²) in [5.41, 5.74) is 6.09. The molecule has 3 amide bonds. The quantitative estimate of drug-likeness (QED) is 0.203. The largest absolute Gasteiger partial charge is 0.396 e. The average Bonchev–Trinajstić information content (AvgIpc) is 2.86. The summed E-state index contributed by atoms with van der Waals surface area (Å²) in [6, 6.07) is 7.12. The number of benzene rings is 1. The summed E-state index contributed by atoms with van der Waals surface area (Å²) in [5, 5.41) is 18.1. The Morgan fingerprint density at radius 2 is 1.64 bits per heavy atom. The lowest BCUT2D eigenvalue weighted by atomic mass is 9.89. The summed E-state index contributed by atoms with van der Waals surface area (Å²) >= 11 is 0. The van der Waals surface area contributed by atoms with Gasteiger partial charge in [0.15, 0.2) is 11.6 Å². The second-order valence-electron chi connectivity index (χ2n) is 9.13. The molecule has 0 bridgehead atoms. The van der Waals surface area contributed by atoms with E-state index in [2.05, 4.69) is 16.0 Å². The van der Waals surface area contributed by atoms with Crippen LogP contribution in [0.2, 0.25) is 0 Å². The number of carbonyl (C=O) groups excluding carboxylic acids is 5. The number of Topliss-reactive ketones (excluding diaryl/α,β-unsaturated/α-hetero) is 2. The molecule has 36 heavy (non-hydrogen) atoms. The van der Waals surface area contributed by atoms with Gasteiger partial charge in [-0.15, -0.1) is 0 Å². The maximum absolute atomic E-state index is 13.2. The van der Waals surface area contributed by atoms with Crippen molar-refractivity contribution >= 4 is 29.3 Å². The molecule has 10 nitrogen and oxygen atoms in total. The van der Waals surface area contributed by atoms with Gasteiger partial charge in [-0.3, -0.25) is 24.0 Å². The Balaban J connectivity index is 2.91. The third-order valence-electron chi connectivity index (χ3n) is 6.33. The maximum Gasteiger partial charge on any atom is 0.238 e. The van der Waals surface area contributed by atoms with E-state index in [-0.39, 0.29) is 36.9 Å². The first-order valence-electron chi connectivity index (χ1n) is 12.3. The van der Waals surface area contributed by atoms with E-state index in [9.17, 15) is 29.1 Å². The summed E-state index contributed by atoms with van der Waals surface area (Å²) in [4.78, 5) is 61.9. The Bertz CT molecular complexity index is 892. The van der Waals surface area contributed by atoms with Crippen LogP contribution in [0.3, 0.4) is 0 Å². The predicted molar refractivity (Wildman–Crippen MR) is 136 cm³/mol. The third kappa shape index (κ3) is 10.2. The zero-order valence-electron chi connectivity index (χ0n) is 21.6. The van der Waals surface area contributed by atoms with Gasteiger partial charge in [0, 0.05) is 12.8 Å². The van der Waals surface area contributed by atoms with Crippen LogP contribution >= 0.6 is 0 Å². The Kier molecular flexibility index (Phi) is 13.6. The van der Waals surface area contributed by atoms with Crippen LogP contribution in [-0.4, -0.2) is 66.2 Å². The highest BCUT2D eigenvalue weighted by Gasteiger charge is 2.32. The Labute approximate surface area is 212 Å². The van der Waals surface area contributed by atoms with Crippen LogP contribution in [0.15, 0.2) is 30.3 Å². The number of rotatable bonds is 17. The van der Waals surface area contributed by atoms with Crippen molar-refractivity contribution < 1.29 is 29.1 Å². The van der Waals surface area contributed by atoms with Crippen molar-refractivity contribution in [3.8, 4) is 0 Å². The van der Waals surface area contributed by atoms with Crippen molar-refractivity contribution in [3.05, 3.63) is 35.9 Å². The number of nitrogens with one attached hydrogen (secondary N) is 3. The minimum absolute atomic E-state index is 0.0286. The van der Waals surface area contributed by atoms with Gasteiger partial charge in [-0.05, 0) is 38.3 Å². The second-order valence-corrected chi connectivity index (χ2v) is 9.13. The van der Waals surface area contributed by atoms with Gasteiger partial charge < -0.3 is 26.8 Å². The number of aliphatic hydroxyl groups is 1. The number of primary amides is 1. The van der Waals surface area contributed by atoms with Crippen molar-refractivity contribution in [2.24, 2.45) is 17.6 Å². The lowest BCUT2D eigenvalue weighted by Crippen LogP contribution is -2.53. The molecule has 0 heterocycles. The van der Waals surface area contributed by atoms with Crippen LogP contribution in [0, 0.1) is 11.8 Å². The Hall–Kier alpha value is -3.11. The van der Waals surface area contributed by atoms with Crippen molar-refractivity contribution in [2.45, 2.75) is 71.0 Å². The summed E-state index contributed by atoms with van der Waals surface area (Å²) in [7, 11) is 1.67. The predicted octanol–water partition coefficient (Wildman–Crippen LogP) is 0.255. The van der Waals surface area contributed by atoms with E-state index < -0.39 is 48.2 Å². The number of aliphatic hydroxyl groups excluding tert-OH is 1. The fourth-order valence-corrected chi connectivity index (χ4v) is 3.77. The summed E-state index contributed by atoms with van der Waals surface area (Å²) in [6.45, 7) is 4.38. The number of ketones is 2. The van der Waals surface area contributed by atoms with Gasteiger partial charge in [-0.25, -0.2) is 0 Å². The average molecular weight is 505 g/mol. The van der Waals surface area contributed by atoms with E-state index >= 15 is 0 Å². The molecule has 1 aromatic rings. The molecular weight excluding hydrogens is 464 g/mol. The topological polar surface area (TPSA) is 168 Å². The van der Waals surface area contributed by atoms with E-state index in [1.165, 1.54) is 6.92 Å². The molecular formula is C26H40N4O6. The number of amides is 3. The molecule has 1 aromatic carbocycles. The number of carbonyl (C=O) groups is 5. The molecule has 0 saturated carbocycles. The van der Waals surface area contributed by atoms with Gasteiger partial charge in [-0.1, -0.05) is 50.6 Å². The number of likely N-dealkylation sites (N-methyl/N-ethyl adjacent to an activating group) is 1. The van der Waals surface area contributed by atoms with Crippen LogP contribution in [-0.2, 0) is 30.4 Å². The standard InChI is InChI=1S/C26H40N4O6/c1-5-16(2)24(30-26(36)21(28-4)13-18-9-7-6-8-10-18)22(33)14-19(15-31)25(35)29-20(17(3)32)11-12-23(27)34/h6-10,16,19-21,24,28,31H,5,11-15H2,1-4H3,(H2,27,34)(H,29,35)(H,30,36)/t16-,19-,20+,21+,24-/m0/s1. The van der Waals surface area contributed by atoms with Gasteiger partial charge in [0.05, 0.1) is 30.7 Å². The number of hydrogen-bond donors (Lipinski definition) is 5. The third-order valence-corrected chi connectivity index (χ3v) is 6.33. The Morgan fingerprint density at radius 1 is 1.00 bits per heavy atom. The fraction of sp³-hybridized carbons (Fsp3) is 0.577. The number of nitrogens with two attached hydrogens (primary N) is 1. The molecule has 0 spiro atoms. The minimum atomic E-state index is -1.11. The molecule has 0 aliphatic carbocycles. The molecule has 0 radical (unpaired) electrons. The van der Waals surface area contributed by atoms with Gasteiger partial charge in [0.25, 0.3) is 0 Å². The second kappa shape index (κ2) is 15.8. The monoisotopic (exact) mass is 504 g/mol. The van der Waals surface area contributed by atoms with Crippen LogP contribution in [0.4, 0.5) is 0 Å². The van der Waals surface area contributed by atoms with Crippen LogP contribution < -0.4 is 21.7 Å². The van der Waals surface area contributed by atoms with Crippen molar-refractivity contribution in [2.75, 3.05) is 13.7 Å². The normalized spacial score (nSPS) is 15.1. The van der Waals surface area contributed by atoms with E-state index in [4.69, 9.17) is 5.73 Å². The molecule has 0 unspecified atom stereocenters. The fourth-order valence-electron chi connectivity index (χ4n) is 3.77. The van der Waals surface area contributed by atoms with E-state index in [1.54, 1.807) is 7.05 Å². The van der Waals surface area contributed by atoms with Gasteiger partial charge in [-0.2, -0.15) is 0 Å². The first-order chi connectivity index (χ1) is 17.0. The number of hydrogen-bond acceptors (Lipinski definition) is 7. The first-order valence-corrected chi connectivity index (χ1v) is 12.3. The zero-order valence-corrected chi connectivity index (χ0v) is 21.6. The zero-order chi connectivity index (χ0) is 27.3. The summed E-state index contributed by atoms with van der Waals surface area (Å²) < 4.78 is 0. The van der Waals surface area contributed by atoms with E-state index in [0.717, 1.165) is 5.56 Å². The van der Waals surface area contributed by atoms with E-state index in [0.29, 0.717) is 12.8 Å². The van der Waals surface area contributed by atoms with E-state index in [1.807, 2.05) is 44.2 Å². The molecule has 0 aromatic heterocycles. The molecule has 0 saturated heterocycles. The molecule has 1 rings (SSSR count). The van der Waals surface area contributed by atoms with Gasteiger partial charge in [0.2, 0.25) is 17.7 Å². The molecule has 10 heteroatoms. The highest BCUT2D eigenvalue weighted by molar-refractivity contribution is 5.95. The molecule has 0 aliphatic heterocycles. The molecule has 200 valence electrons. The highest BCUT2D eigenvalue weighted by Crippen LogP contribution is 2.16. The SMILES string of the molecule is CC[C@H](C)[C@H](NC(=O)[C@@H](Cc1ccccc1)NC)C(=O)C[C@@H](CO)C(=O)N[C@H](CCC(N)=O)C(C)=O. The Morgan fingerprint density at radius 3 is 2.14 bits per heavy atom. The van der Waals surface area contributed by atoms with Crippen LogP contribution in [0.5, 0.6) is 0 Å². The van der Waals surface area contributed by atoms with Crippen LogP contribution in [0.25, 0.3) is 0 Å². The maximum atomic E-state index is 13.2. The van der Waals surface area contributed by atoms with Crippen molar-refractivity contribution in [1.29, 1.82) is 0 Å². The van der Waals surface area contributed by atoms with Crippen molar-refractivity contribution in [3.63, 3.8) is 0 Å². The smallest absolute Gasteiger partial charge is 0.238 e. The highest BCUT2D eigenvalue weighted by atomic mass is 16.3. The summed E-state index contributed by atoms with van der Waals surface area (Å²) in [6.07, 6.45) is 0.659. The molecule has 0 fully saturated rings. The lowest BCUT2D eigenvalue weighted by molar-refractivity contribution is -0.135. The lowest BCUT2D eigenvalue weighted by Gasteiger charge is -2.27. The van der Waals surface area contributed by atoms with Gasteiger partial charge in [0.1, 0.15) is 0 Å². The molecule has 5 atom stereocenters. The van der Waals surface area contributed by atoms with Gasteiger partial charge >= 0.3 is 0 Å². The van der Waals surface area contributed by atoms with Crippen molar-refractivity contribution in [1.82, 2.24) is 16.0 Å². The minimum Gasteiger partial charge on any atom is -0.396 e. The molecule has 6 N–H and O–H groups in total. The molecule has 0 aliphatic rings. The van der Waals surface area contributed by atoms with Crippen LogP contribution in [0.1, 0.15) is 52.0 Å². The summed E-state index contributed by atoms with van der Waals surface area (Å²) in [5.74, 6) is -3.70. The first kappa shape index (κ1) is 30.9.